The molecule has 5 rings (SSSR count). The Balaban J connectivity index is 0.000000599. The molecule has 10 heteroatoms. The number of carboxylic acids is 3. The second-order valence-corrected chi connectivity index (χ2v) is 16.2. The van der Waals surface area contributed by atoms with E-state index in [0.717, 1.165) is 51.4 Å². The summed E-state index contributed by atoms with van der Waals surface area (Å²) >= 11 is 0. The molecule has 4 N–H and O–H groups in total. The second-order valence-electron chi connectivity index (χ2n) is 16.2. The molecule has 0 spiro atoms. The van der Waals surface area contributed by atoms with E-state index in [-0.39, 0.29) is 123 Å². The molecule has 0 aliphatic heterocycles. The Labute approximate surface area is 307 Å². The van der Waals surface area contributed by atoms with E-state index in [1.54, 1.807) is 0 Å². The van der Waals surface area contributed by atoms with Crippen LogP contribution < -0.4 is 59.1 Å². The van der Waals surface area contributed by atoms with Gasteiger partial charge in [-0.1, -0.05) is 47.1 Å². The van der Waals surface area contributed by atoms with E-state index in [2.05, 4.69) is 41.5 Å². The Morgan fingerprint density at radius 3 is 1.86 bits per heavy atom. The van der Waals surface area contributed by atoms with Gasteiger partial charge in [0.1, 0.15) is 0 Å². The molecule has 0 amide bonds. The molecule has 5 aliphatic rings. The molecule has 0 bridgehead atoms. The van der Waals surface area contributed by atoms with Crippen molar-refractivity contribution in [3.8, 4) is 0 Å². The van der Waals surface area contributed by atoms with E-state index in [9.17, 15) is 29.4 Å². The predicted octanol–water partition coefficient (Wildman–Crippen LogP) is 0.356. The van der Waals surface area contributed by atoms with Crippen LogP contribution in [0.4, 0.5) is 0 Å². The van der Waals surface area contributed by atoms with Crippen molar-refractivity contribution in [3.05, 3.63) is 11.6 Å². The van der Waals surface area contributed by atoms with Gasteiger partial charge in [-0.2, -0.15) is 0 Å². The number of ketones is 1. The van der Waals surface area contributed by atoms with Gasteiger partial charge >= 0.3 is 77.0 Å². The summed E-state index contributed by atoms with van der Waals surface area (Å²) in [6.07, 6.45) is 9.36. The molecule has 0 aromatic heterocycles. The molecular weight excluding hydrogens is 582 g/mol. The monoisotopic (exact) mass is 634 g/mol. The van der Waals surface area contributed by atoms with Crippen molar-refractivity contribution in [1.82, 2.24) is 0 Å². The number of aliphatic hydroxyl groups is 1. The van der Waals surface area contributed by atoms with Gasteiger partial charge in [-0.3, -0.25) is 19.2 Å². The van der Waals surface area contributed by atoms with Crippen molar-refractivity contribution in [2.45, 2.75) is 125 Å². The molecule has 4 fully saturated rings. The number of carbonyl (C=O) groups excluding carboxylic acids is 1. The van der Waals surface area contributed by atoms with Gasteiger partial charge in [0.05, 0.1) is 24.4 Å². The molecule has 0 aromatic rings. The quantitative estimate of drug-likeness (QED) is 0.324. The van der Waals surface area contributed by atoms with Gasteiger partial charge in [0.15, 0.2) is 5.78 Å². The summed E-state index contributed by atoms with van der Waals surface area (Å²) in [5, 5.41) is 36.7. The largest absolute Gasteiger partial charge is 1.00 e. The summed E-state index contributed by atoms with van der Waals surface area (Å²) < 4.78 is 0. The van der Waals surface area contributed by atoms with Crippen molar-refractivity contribution in [1.29, 1.82) is 0 Å². The van der Waals surface area contributed by atoms with Gasteiger partial charge in [0.2, 0.25) is 0 Å². The molecule has 44 heavy (non-hydrogen) atoms. The average Bonchev–Trinajstić information content (AvgIpc) is 2.88. The Morgan fingerprint density at radius 2 is 1.34 bits per heavy atom. The second kappa shape index (κ2) is 13.4. The summed E-state index contributed by atoms with van der Waals surface area (Å²) in [6.45, 7) is 15.8. The molecule has 0 heterocycles. The minimum absolute atomic E-state index is 0. The number of aliphatic carboxylic acids is 3. The summed E-state index contributed by atoms with van der Waals surface area (Å²) in [5.74, 6) is -2.09. The molecule has 5 aliphatic carbocycles. The SMILES string of the molecule is CC1(C)C2CC[C@]3(C)C(C(=O)C=C4[C@@H]5C[C@@](C)(C(=O)O)CC[C@]5(C)CC[C@]43C)[C@@]2(C)CC[C@@H]1O.O=C(O)CCC(=O)O.[Na+].[Na+]. The first-order chi connectivity index (χ1) is 19.2. The third-order valence-corrected chi connectivity index (χ3v) is 13.6. The van der Waals surface area contributed by atoms with Crippen molar-refractivity contribution in [2.75, 3.05) is 0 Å². The summed E-state index contributed by atoms with van der Waals surface area (Å²) in [6, 6.07) is 0. The van der Waals surface area contributed by atoms with Crippen LogP contribution in [-0.2, 0) is 19.2 Å². The van der Waals surface area contributed by atoms with Crippen LogP contribution in [0, 0.1) is 50.2 Å². The average molecular weight is 635 g/mol. The number of rotatable bonds is 4. The fourth-order valence-corrected chi connectivity index (χ4v) is 10.6. The minimum Gasteiger partial charge on any atom is -0.481 e. The Hall–Kier alpha value is -0.220. The number of hydrogen-bond donors (Lipinski definition) is 4. The van der Waals surface area contributed by atoms with Crippen molar-refractivity contribution >= 4 is 23.7 Å². The van der Waals surface area contributed by atoms with Gasteiger partial charge < -0.3 is 20.4 Å². The number of carbonyl (C=O) groups is 4. The zero-order valence-corrected chi connectivity index (χ0v) is 32.6. The zero-order valence-electron chi connectivity index (χ0n) is 28.6. The molecule has 0 radical (unpaired) electrons. The molecule has 8 nitrogen and oxygen atoms in total. The number of carboxylic acid groups (broad SMARTS) is 3. The van der Waals surface area contributed by atoms with Crippen molar-refractivity contribution in [3.63, 3.8) is 0 Å². The van der Waals surface area contributed by atoms with Crippen LogP contribution in [0.15, 0.2) is 11.6 Å². The first kappa shape index (κ1) is 40.0. The van der Waals surface area contributed by atoms with Crippen LogP contribution >= 0.6 is 0 Å². The minimum atomic E-state index is -1.08. The van der Waals surface area contributed by atoms with Crippen LogP contribution in [-0.4, -0.2) is 50.2 Å². The number of aliphatic hydroxyl groups excluding tert-OH is 1. The summed E-state index contributed by atoms with van der Waals surface area (Å²) in [4.78, 5) is 45.7. The molecular formula is C34H52Na2O8+2. The van der Waals surface area contributed by atoms with Crippen molar-refractivity contribution in [2.24, 2.45) is 50.2 Å². The molecule has 4 saturated carbocycles. The smallest absolute Gasteiger partial charge is 0.481 e. The zero-order chi connectivity index (χ0) is 31.7. The van der Waals surface area contributed by atoms with Crippen LogP contribution in [0.25, 0.3) is 0 Å². The maximum absolute atomic E-state index is 14.2. The van der Waals surface area contributed by atoms with Crippen LogP contribution in [0.1, 0.15) is 119 Å². The fourth-order valence-electron chi connectivity index (χ4n) is 10.6. The Kier molecular flexibility index (Phi) is 12.1. The van der Waals surface area contributed by atoms with E-state index in [0.29, 0.717) is 12.3 Å². The molecule has 0 saturated heterocycles. The van der Waals surface area contributed by atoms with E-state index in [1.165, 1.54) is 5.57 Å². The normalized spacial score (nSPS) is 43.4. The molecule has 236 valence electrons. The third kappa shape index (κ3) is 6.33. The number of fused-ring (bicyclic) bond motifs is 7. The topological polar surface area (TPSA) is 149 Å². The van der Waals surface area contributed by atoms with Gasteiger partial charge in [-0.15, -0.1) is 0 Å². The number of hydrogen-bond acceptors (Lipinski definition) is 5. The van der Waals surface area contributed by atoms with E-state index in [4.69, 9.17) is 10.2 Å². The number of allylic oxidation sites excluding steroid dienone is 2. The Bertz CT molecular complexity index is 1190. The van der Waals surface area contributed by atoms with Crippen LogP contribution in [0.5, 0.6) is 0 Å². The van der Waals surface area contributed by atoms with Gasteiger partial charge in [0, 0.05) is 5.92 Å². The third-order valence-electron chi connectivity index (χ3n) is 13.6. The standard InChI is InChI=1S/C30H46O4.C4H6O4.2Na/c1-25(2)21-8-11-30(7)23(28(21,5)10-9-22(25)32)20(31)16-18-19-17-27(4,24(33)34)13-12-26(19,3)14-15-29(18,30)6;5-3(6)1-2-4(7)8;;/h16,19,21-23,32H,8-15,17H2,1-7H3,(H,33,34);1-2H2,(H,5,6)(H,7,8);;/q;;2*+1/t19-,21?,22-,23?,26+,27-,28-,29+,30+;;;/m0.../s1. The van der Waals surface area contributed by atoms with E-state index in [1.807, 2.05) is 13.0 Å². The van der Waals surface area contributed by atoms with Gasteiger partial charge in [0.25, 0.3) is 0 Å². The predicted molar refractivity (Wildman–Crippen MR) is 158 cm³/mol. The fraction of sp³-hybridized carbons (Fsp3) is 0.824. The van der Waals surface area contributed by atoms with Gasteiger partial charge in [-0.05, 0) is 110 Å². The van der Waals surface area contributed by atoms with Crippen LogP contribution in [0.3, 0.4) is 0 Å². The summed E-state index contributed by atoms with van der Waals surface area (Å²) in [5.41, 5.74) is 0.142. The van der Waals surface area contributed by atoms with Gasteiger partial charge in [-0.25, -0.2) is 0 Å². The van der Waals surface area contributed by atoms with E-state index >= 15 is 0 Å². The molecule has 9 atom stereocenters. The van der Waals surface area contributed by atoms with E-state index < -0.39 is 23.3 Å². The molecule has 2 unspecified atom stereocenters. The first-order valence-electron chi connectivity index (χ1n) is 15.8. The molecule has 0 aromatic carbocycles. The van der Waals surface area contributed by atoms with Crippen molar-refractivity contribution < 1.29 is 98.7 Å². The summed E-state index contributed by atoms with van der Waals surface area (Å²) in [7, 11) is 0. The van der Waals surface area contributed by atoms with Crippen LogP contribution in [0.2, 0.25) is 0 Å². The first-order valence-corrected chi connectivity index (χ1v) is 15.8. The maximum Gasteiger partial charge on any atom is 1.00 e. The maximum atomic E-state index is 14.2. The Morgan fingerprint density at radius 1 is 0.795 bits per heavy atom.